The fraction of sp³-hybridized carbons (Fsp3) is 0.143. The quantitative estimate of drug-likeness (QED) is 0.602. The first-order valence-electron chi connectivity index (χ1n) is 2.70. The lowest BCUT2D eigenvalue weighted by atomic mass is 10.3. The third-order valence-electron chi connectivity index (χ3n) is 0.897. The summed E-state index contributed by atoms with van der Waals surface area (Å²) in [6, 6.07) is 9.32. The van der Waals surface area contributed by atoms with Gasteiger partial charge in [-0.15, -0.1) is 0 Å². The molecule has 1 unspecified atom stereocenters. The predicted molar refractivity (Wildman–Crippen MR) is 36.7 cm³/mol. The molecule has 1 nitrogen and oxygen atoms in total. The SMILES string of the molecule is FC(Cl)Oc1[c]cccc1. The van der Waals surface area contributed by atoms with Crippen LogP contribution in [0.4, 0.5) is 4.39 Å². The van der Waals surface area contributed by atoms with Crippen LogP contribution < -0.4 is 4.74 Å². The Kier molecular flexibility index (Phi) is 2.51. The van der Waals surface area contributed by atoms with Crippen LogP contribution in [0.15, 0.2) is 24.3 Å². The Morgan fingerprint density at radius 3 is 2.90 bits per heavy atom. The lowest BCUT2D eigenvalue weighted by molar-refractivity contribution is 0.146. The van der Waals surface area contributed by atoms with E-state index in [1.165, 1.54) is 0 Å². The van der Waals surface area contributed by atoms with Crippen LogP contribution in [-0.4, -0.2) is 5.82 Å². The first-order chi connectivity index (χ1) is 4.79. The van der Waals surface area contributed by atoms with Gasteiger partial charge in [-0.05, 0) is 17.7 Å². The van der Waals surface area contributed by atoms with Crippen molar-refractivity contribution >= 4 is 11.6 Å². The Labute approximate surface area is 63.4 Å². The molecule has 0 bridgehead atoms. The van der Waals surface area contributed by atoms with E-state index in [2.05, 4.69) is 10.8 Å². The molecule has 1 aromatic carbocycles. The van der Waals surface area contributed by atoms with Crippen LogP contribution in [0.3, 0.4) is 0 Å². The zero-order chi connectivity index (χ0) is 7.40. The molecule has 0 aliphatic carbocycles. The normalized spacial score (nSPS) is 12.6. The third kappa shape index (κ3) is 2.23. The molecular weight excluding hydrogens is 155 g/mol. The smallest absolute Gasteiger partial charge is 0.316 e. The van der Waals surface area contributed by atoms with E-state index in [9.17, 15) is 4.39 Å². The molecular formula is C7H5ClFO. The van der Waals surface area contributed by atoms with Crippen molar-refractivity contribution < 1.29 is 9.13 Å². The van der Waals surface area contributed by atoms with Gasteiger partial charge < -0.3 is 4.74 Å². The molecule has 0 saturated heterocycles. The van der Waals surface area contributed by atoms with E-state index in [0.29, 0.717) is 5.75 Å². The maximum Gasteiger partial charge on any atom is 0.316 e. The van der Waals surface area contributed by atoms with E-state index in [1.807, 2.05) is 0 Å². The second-order valence-corrected chi connectivity index (χ2v) is 1.95. The number of halogens is 2. The summed E-state index contributed by atoms with van der Waals surface area (Å²) < 4.78 is 16.4. The minimum Gasteiger partial charge on any atom is -0.447 e. The lowest BCUT2D eigenvalue weighted by Crippen LogP contribution is -1.99. The van der Waals surface area contributed by atoms with Crippen molar-refractivity contribution in [2.45, 2.75) is 5.82 Å². The number of ether oxygens (including phenoxy) is 1. The Bertz CT molecular complexity index is 188. The summed E-state index contributed by atoms with van der Waals surface area (Å²) in [4.78, 5) is 0. The van der Waals surface area contributed by atoms with Crippen molar-refractivity contribution in [2.75, 3.05) is 0 Å². The molecule has 1 radical (unpaired) electrons. The molecule has 0 spiro atoms. The van der Waals surface area contributed by atoms with E-state index >= 15 is 0 Å². The topological polar surface area (TPSA) is 9.23 Å². The van der Waals surface area contributed by atoms with Crippen molar-refractivity contribution in [3.8, 4) is 5.75 Å². The molecule has 0 amide bonds. The second kappa shape index (κ2) is 3.42. The molecule has 0 heterocycles. The highest BCUT2D eigenvalue weighted by Gasteiger charge is 1.99. The molecule has 53 valence electrons. The summed E-state index contributed by atoms with van der Waals surface area (Å²) in [5.74, 6) is -1.48. The summed E-state index contributed by atoms with van der Waals surface area (Å²) >= 11 is 4.90. The Morgan fingerprint density at radius 2 is 2.40 bits per heavy atom. The molecule has 0 aromatic heterocycles. The fourth-order valence-electron chi connectivity index (χ4n) is 0.546. The lowest BCUT2D eigenvalue weighted by Gasteiger charge is -2.02. The number of hydrogen-bond acceptors (Lipinski definition) is 1. The van der Waals surface area contributed by atoms with E-state index in [1.54, 1.807) is 24.3 Å². The fourth-order valence-corrected chi connectivity index (χ4v) is 0.642. The van der Waals surface area contributed by atoms with Crippen molar-refractivity contribution in [1.82, 2.24) is 0 Å². The van der Waals surface area contributed by atoms with Gasteiger partial charge in [0.05, 0.1) is 0 Å². The first-order valence-corrected chi connectivity index (χ1v) is 3.14. The highest BCUT2D eigenvalue weighted by atomic mass is 35.5. The molecule has 1 aromatic rings. The Hall–Kier alpha value is -0.760. The summed E-state index contributed by atoms with van der Waals surface area (Å²) in [6.07, 6.45) is 0. The van der Waals surface area contributed by atoms with Crippen LogP contribution in [0.2, 0.25) is 0 Å². The second-order valence-electron chi connectivity index (χ2n) is 1.61. The predicted octanol–water partition coefficient (Wildman–Crippen LogP) is 2.36. The van der Waals surface area contributed by atoms with Gasteiger partial charge in [0.25, 0.3) is 0 Å². The van der Waals surface area contributed by atoms with Gasteiger partial charge in [-0.2, -0.15) is 4.39 Å². The maximum atomic E-state index is 11.9. The standard InChI is InChI=1S/C7H5ClFO/c8-7(9)10-6-4-2-1-3-5-6/h1-4,7H. The monoisotopic (exact) mass is 159 g/mol. The van der Waals surface area contributed by atoms with E-state index in [-0.39, 0.29) is 0 Å². The van der Waals surface area contributed by atoms with Gasteiger partial charge in [0.1, 0.15) is 5.75 Å². The highest BCUT2D eigenvalue weighted by molar-refractivity contribution is 6.18. The first kappa shape index (κ1) is 7.35. The largest absolute Gasteiger partial charge is 0.447 e. The number of benzene rings is 1. The van der Waals surface area contributed by atoms with Gasteiger partial charge in [0.15, 0.2) is 0 Å². The van der Waals surface area contributed by atoms with Crippen LogP contribution in [0.5, 0.6) is 5.75 Å². The number of para-hydroxylation sites is 1. The van der Waals surface area contributed by atoms with Crippen LogP contribution in [-0.2, 0) is 0 Å². The minimum absolute atomic E-state index is 0.310. The third-order valence-corrected chi connectivity index (χ3v) is 0.986. The molecule has 0 aliphatic heterocycles. The van der Waals surface area contributed by atoms with E-state index in [0.717, 1.165) is 0 Å². The summed E-state index contributed by atoms with van der Waals surface area (Å²) in [5.41, 5.74) is 0. The van der Waals surface area contributed by atoms with Crippen molar-refractivity contribution in [3.05, 3.63) is 30.3 Å². The molecule has 0 aliphatic rings. The van der Waals surface area contributed by atoms with Gasteiger partial charge in [0, 0.05) is 6.07 Å². The van der Waals surface area contributed by atoms with Gasteiger partial charge >= 0.3 is 5.82 Å². The molecule has 10 heavy (non-hydrogen) atoms. The van der Waals surface area contributed by atoms with E-state index in [4.69, 9.17) is 11.6 Å². The zero-order valence-corrected chi connectivity index (χ0v) is 5.81. The Morgan fingerprint density at radius 1 is 1.60 bits per heavy atom. The molecule has 3 heteroatoms. The van der Waals surface area contributed by atoms with Gasteiger partial charge in [-0.3, -0.25) is 0 Å². The van der Waals surface area contributed by atoms with Crippen molar-refractivity contribution in [2.24, 2.45) is 0 Å². The summed E-state index contributed by atoms with van der Waals surface area (Å²) in [6.45, 7) is 0. The average Bonchev–Trinajstić information content (AvgIpc) is 1.88. The van der Waals surface area contributed by atoms with Crippen LogP contribution in [0, 0.1) is 6.07 Å². The van der Waals surface area contributed by atoms with Crippen LogP contribution >= 0.6 is 11.6 Å². The average molecular weight is 160 g/mol. The van der Waals surface area contributed by atoms with Gasteiger partial charge in [0.2, 0.25) is 0 Å². The van der Waals surface area contributed by atoms with E-state index < -0.39 is 5.82 Å². The highest BCUT2D eigenvalue weighted by Crippen LogP contribution is 2.11. The maximum absolute atomic E-state index is 11.9. The van der Waals surface area contributed by atoms with Crippen LogP contribution in [0.1, 0.15) is 0 Å². The number of alkyl halides is 2. The number of hydrogen-bond donors (Lipinski definition) is 0. The molecule has 0 fully saturated rings. The summed E-state index contributed by atoms with van der Waals surface area (Å²) in [7, 11) is 0. The summed E-state index contributed by atoms with van der Waals surface area (Å²) in [5, 5.41) is 0. The zero-order valence-electron chi connectivity index (χ0n) is 5.05. The number of rotatable bonds is 2. The van der Waals surface area contributed by atoms with Gasteiger partial charge in [-0.25, -0.2) is 0 Å². The minimum atomic E-state index is -1.79. The Balaban J connectivity index is 2.59. The van der Waals surface area contributed by atoms with Crippen LogP contribution in [0.25, 0.3) is 0 Å². The molecule has 1 atom stereocenters. The molecule has 0 saturated carbocycles. The van der Waals surface area contributed by atoms with Gasteiger partial charge in [-0.1, -0.05) is 18.2 Å². The van der Waals surface area contributed by atoms with Crippen molar-refractivity contribution in [1.29, 1.82) is 0 Å². The molecule has 0 N–H and O–H groups in total. The van der Waals surface area contributed by atoms with Crippen molar-refractivity contribution in [3.63, 3.8) is 0 Å². The molecule has 1 rings (SSSR count).